The third kappa shape index (κ3) is 2.39. The largest absolute Gasteiger partial charge is 0.340 e. The van der Waals surface area contributed by atoms with E-state index in [-0.39, 0.29) is 5.54 Å². The lowest BCUT2D eigenvalue weighted by molar-refractivity contribution is 0.436. The van der Waals surface area contributed by atoms with Gasteiger partial charge in [0, 0.05) is 17.6 Å². The fourth-order valence-electron chi connectivity index (χ4n) is 2.21. The minimum atomic E-state index is -0.307. The van der Waals surface area contributed by atoms with E-state index in [0.717, 1.165) is 31.0 Å². The van der Waals surface area contributed by atoms with Crippen LogP contribution in [0.1, 0.15) is 26.2 Å². The minimum Gasteiger partial charge on any atom is -0.340 e. The van der Waals surface area contributed by atoms with Crippen LogP contribution < -0.4 is 5.32 Å². The van der Waals surface area contributed by atoms with Gasteiger partial charge in [0.1, 0.15) is 5.54 Å². The Morgan fingerprint density at radius 2 is 2.69 bits per heavy atom. The highest BCUT2D eigenvalue weighted by molar-refractivity contribution is 7.99. The zero-order valence-electron chi connectivity index (χ0n) is 9.36. The number of nitrogens with one attached hydrogen (secondary N) is 2. The molecule has 5 heteroatoms. The highest BCUT2D eigenvalue weighted by Gasteiger charge is 2.39. The van der Waals surface area contributed by atoms with Crippen molar-refractivity contribution in [1.29, 1.82) is 5.26 Å². The first kappa shape index (κ1) is 11.5. The van der Waals surface area contributed by atoms with Crippen molar-refractivity contribution in [2.75, 3.05) is 6.54 Å². The summed E-state index contributed by atoms with van der Waals surface area (Å²) in [5, 5.41) is 14.0. The summed E-state index contributed by atoms with van der Waals surface area (Å²) < 4.78 is 0. The van der Waals surface area contributed by atoms with Gasteiger partial charge in [-0.25, -0.2) is 4.98 Å². The number of nitrogens with zero attached hydrogens (tertiary/aromatic N) is 2. The van der Waals surface area contributed by atoms with Gasteiger partial charge >= 0.3 is 0 Å². The molecule has 1 heterocycles. The van der Waals surface area contributed by atoms with E-state index in [9.17, 15) is 5.26 Å². The number of aromatic amines is 1. The fraction of sp³-hybridized carbons (Fsp3) is 0.636. The van der Waals surface area contributed by atoms with Gasteiger partial charge in [0.25, 0.3) is 0 Å². The molecule has 1 aromatic heterocycles. The van der Waals surface area contributed by atoms with Crippen LogP contribution >= 0.6 is 11.8 Å². The molecule has 1 fully saturated rings. The Morgan fingerprint density at radius 1 is 1.81 bits per heavy atom. The molecule has 1 aliphatic carbocycles. The van der Waals surface area contributed by atoms with Crippen LogP contribution in [0.5, 0.6) is 0 Å². The smallest absolute Gasteiger partial charge is 0.165 e. The number of H-pyrrole nitrogens is 1. The Bertz CT molecular complexity index is 370. The van der Waals surface area contributed by atoms with Gasteiger partial charge in [-0.2, -0.15) is 5.26 Å². The van der Waals surface area contributed by atoms with E-state index in [1.165, 1.54) is 0 Å². The molecule has 2 rings (SSSR count). The molecule has 2 atom stereocenters. The van der Waals surface area contributed by atoms with Gasteiger partial charge in [-0.3, -0.25) is 5.32 Å². The Kier molecular flexibility index (Phi) is 3.52. The SMILES string of the molecule is CCNC1(C#N)CCC(Sc2ncc[nH]2)C1. The first-order valence-corrected chi connectivity index (χ1v) is 6.48. The second kappa shape index (κ2) is 4.89. The third-order valence-electron chi connectivity index (χ3n) is 2.95. The van der Waals surface area contributed by atoms with Gasteiger partial charge in [-0.05, 0) is 25.8 Å². The van der Waals surface area contributed by atoms with Gasteiger partial charge in [0.15, 0.2) is 5.16 Å². The Morgan fingerprint density at radius 3 is 3.31 bits per heavy atom. The van der Waals surface area contributed by atoms with Gasteiger partial charge in [-0.1, -0.05) is 18.7 Å². The number of hydrogen-bond donors (Lipinski definition) is 2. The monoisotopic (exact) mass is 236 g/mol. The molecule has 0 saturated heterocycles. The number of rotatable bonds is 4. The molecule has 1 aromatic rings. The van der Waals surface area contributed by atoms with Crippen molar-refractivity contribution in [2.24, 2.45) is 0 Å². The average molecular weight is 236 g/mol. The van der Waals surface area contributed by atoms with E-state index in [1.807, 2.05) is 13.1 Å². The lowest BCUT2D eigenvalue weighted by atomic mass is 10.0. The van der Waals surface area contributed by atoms with Crippen molar-refractivity contribution in [3.8, 4) is 6.07 Å². The molecule has 0 aliphatic heterocycles. The standard InChI is InChI=1S/C11H16N4S/c1-2-15-11(8-12)4-3-9(7-11)16-10-13-5-6-14-10/h5-6,9,15H,2-4,7H2,1H3,(H,13,14). The molecule has 0 amide bonds. The number of nitriles is 1. The second-order valence-electron chi connectivity index (χ2n) is 4.10. The summed E-state index contributed by atoms with van der Waals surface area (Å²) in [6, 6.07) is 2.43. The number of hydrogen-bond acceptors (Lipinski definition) is 4. The van der Waals surface area contributed by atoms with E-state index in [4.69, 9.17) is 0 Å². The fourth-order valence-corrected chi connectivity index (χ4v) is 3.39. The molecule has 1 saturated carbocycles. The topological polar surface area (TPSA) is 64.5 Å². The van der Waals surface area contributed by atoms with Crippen molar-refractivity contribution in [2.45, 2.75) is 42.1 Å². The van der Waals surface area contributed by atoms with Crippen LogP contribution in [-0.2, 0) is 0 Å². The molecule has 86 valence electrons. The summed E-state index contributed by atoms with van der Waals surface area (Å²) >= 11 is 1.74. The molecule has 16 heavy (non-hydrogen) atoms. The molecular weight excluding hydrogens is 220 g/mol. The summed E-state index contributed by atoms with van der Waals surface area (Å²) in [6.45, 7) is 2.90. The minimum absolute atomic E-state index is 0.307. The highest BCUT2D eigenvalue weighted by atomic mass is 32.2. The predicted molar refractivity (Wildman–Crippen MR) is 64.1 cm³/mol. The average Bonchev–Trinajstić information content (AvgIpc) is 2.90. The maximum atomic E-state index is 9.25. The first-order chi connectivity index (χ1) is 7.78. The van der Waals surface area contributed by atoms with Gasteiger partial charge in [0.2, 0.25) is 0 Å². The summed E-state index contributed by atoms with van der Waals surface area (Å²) in [5.74, 6) is 0. The Balaban J connectivity index is 1.95. The van der Waals surface area contributed by atoms with Gasteiger partial charge in [-0.15, -0.1) is 0 Å². The predicted octanol–water partition coefficient (Wildman–Crippen LogP) is 1.93. The van der Waals surface area contributed by atoms with Crippen molar-refractivity contribution >= 4 is 11.8 Å². The summed E-state index contributed by atoms with van der Waals surface area (Å²) in [6.07, 6.45) is 6.52. The van der Waals surface area contributed by atoms with E-state index >= 15 is 0 Å². The zero-order valence-corrected chi connectivity index (χ0v) is 10.2. The van der Waals surface area contributed by atoms with Crippen LogP contribution in [0.25, 0.3) is 0 Å². The van der Waals surface area contributed by atoms with E-state index in [1.54, 1.807) is 18.0 Å². The quantitative estimate of drug-likeness (QED) is 0.838. The molecule has 0 bridgehead atoms. The van der Waals surface area contributed by atoms with E-state index in [0.29, 0.717) is 5.25 Å². The Labute approximate surface area is 99.8 Å². The number of imidazole rings is 1. The van der Waals surface area contributed by atoms with Crippen molar-refractivity contribution in [3.05, 3.63) is 12.4 Å². The number of aromatic nitrogens is 2. The van der Waals surface area contributed by atoms with E-state index < -0.39 is 0 Å². The Hall–Kier alpha value is -0.990. The van der Waals surface area contributed by atoms with Crippen LogP contribution in [0.4, 0.5) is 0 Å². The van der Waals surface area contributed by atoms with Crippen LogP contribution in [0.15, 0.2) is 17.6 Å². The molecule has 1 aliphatic rings. The molecule has 0 radical (unpaired) electrons. The lowest BCUT2D eigenvalue weighted by Crippen LogP contribution is -2.41. The van der Waals surface area contributed by atoms with Crippen LogP contribution in [0.2, 0.25) is 0 Å². The van der Waals surface area contributed by atoms with Crippen molar-refractivity contribution in [1.82, 2.24) is 15.3 Å². The summed E-state index contributed by atoms with van der Waals surface area (Å²) in [5.41, 5.74) is -0.307. The van der Waals surface area contributed by atoms with Crippen LogP contribution in [0, 0.1) is 11.3 Å². The third-order valence-corrected chi connectivity index (χ3v) is 4.13. The lowest BCUT2D eigenvalue weighted by Gasteiger charge is -2.21. The van der Waals surface area contributed by atoms with Gasteiger partial charge < -0.3 is 4.98 Å². The highest BCUT2D eigenvalue weighted by Crippen LogP contribution is 2.38. The molecule has 2 unspecified atom stereocenters. The van der Waals surface area contributed by atoms with Crippen molar-refractivity contribution < 1.29 is 0 Å². The van der Waals surface area contributed by atoms with E-state index in [2.05, 4.69) is 21.4 Å². The molecule has 0 spiro atoms. The maximum absolute atomic E-state index is 9.25. The molecule has 4 nitrogen and oxygen atoms in total. The zero-order chi connectivity index (χ0) is 11.4. The molecule has 0 aromatic carbocycles. The molecule has 2 N–H and O–H groups in total. The van der Waals surface area contributed by atoms with Gasteiger partial charge in [0.05, 0.1) is 6.07 Å². The van der Waals surface area contributed by atoms with Crippen molar-refractivity contribution in [3.63, 3.8) is 0 Å². The van der Waals surface area contributed by atoms with Crippen LogP contribution in [-0.4, -0.2) is 27.3 Å². The number of thioether (sulfide) groups is 1. The second-order valence-corrected chi connectivity index (χ2v) is 5.39. The first-order valence-electron chi connectivity index (χ1n) is 5.60. The summed E-state index contributed by atoms with van der Waals surface area (Å²) in [4.78, 5) is 7.29. The normalized spacial score (nSPS) is 29.1. The van der Waals surface area contributed by atoms with Crippen LogP contribution in [0.3, 0.4) is 0 Å². The summed E-state index contributed by atoms with van der Waals surface area (Å²) in [7, 11) is 0. The molecular formula is C11H16N4S. The maximum Gasteiger partial charge on any atom is 0.165 e.